The van der Waals surface area contributed by atoms with Crippen molar-refractivity contribution < 1.29 is 22.1 Å². The molecule has 176 valence electrons. The number of nitrogens with zero attached hydrogens (tertiary/aromatic N) is 3. The van der Waals surface area contributed by atoms with Gasteiger partial charge < -0.3 is 9.26 Å². The van der Waals surface area contributed by atoms with Crippen LogP contribution in [0, 0.1) is 5.82 Å². The predicted molar refractivity (Wildman–Crippen MR) is 127 cm³/mol. The number of methoxy groups -OCH3 is 1. The third-order valence-corrected chi connectivity index (χ3v) is 6.66. The largest absolute Gasteiger partial charge is 0.495 e. The van der Waals surface area contributed by atoms with E-state index in [1.165, 1.54) is 66.6 Å². The molecule has 11 heteroatoms. The zero-order valence-electron chi connectivity index (χ0n) is 18.2. The van der Waals surface area contributed by atoms with Gasteiger partial charge in [0.05, 0.1) is 29.4 Å². The van der Waals surface area contributed by atoms with E-state index < -0.39 is 15.8 Å². The topological polar surface area (TPSA) is 116 Å². The highest BCUT2D eigenvalue weighted by Crippen LogP contribution is 2.31. The smallest absolute Gasteiger partial charge is 0.263 e. The summed E-state index contributed by atoms with van der Waals surface area (Å²) in [7, 11) is -2.48. The minimum absolute atomic E-state index is 0.0234. The Bertz CT molecular complexity index is 1720. The maximum atomic E-state index is 13.7. The van der Waals surface area contributed by atoms with E-state index in [2.05, 4.69) is 19.4 Å². The Morgan fingerprint density at radius 3 is 2.60 bits per heavy atom. The summed E-state index contributed by atoms with van der Waals surface area (Å²) in [5.41, 5.74) is 1.63. The van der Waals surface area contributed by atoms with Gasteiger partial charge >= 0.3 is 0 Å². The van der Waals surface area contributed by atoms with Crippen molar-refractivity contribution in [3.8, 4) is 22.6 Å². The number of nitrogens with one attached hydrogen (secondary N) is 1. The number of sulfonamides is 1. The molecule has 0 saturated heterocycles. The lowest BCUT2D eigenvalue weighted by Crippen LogP contribution is -2.19. The number of hydrogen-bond donors (Lipinski definition) is 1. The number of benzene rings is 2. The van der Waals surface area contributed by atoms with Gasteiger partial charge in [0.2, 0.25) is 0 Å². The molecule has 0 amide bonds. The van der Waals surface area contributed by atoms with Crippen LogP contribution in [-0.2, 0) is 10.0 Å². The van der Waals surface area contributed by atoms with Crippen molar-refractivity contribution in [1.82, 2.24) is 14.7 Å². The Morgan fingerprint density at radius 2 is 1.86 bits per heavy atom. The zero-order valence-corrected chi connectivity index (χ0v) is 19.0. The van der Waals surface area contributed by atoms with Crippen LogP contribution >= 0.6 is 0 Å². The number of anilines is 1. The van der Waals surface area contributed by atoms with Gasteiger partial charge in [-0.2, -0.15) is 0 Å². The third-order valence-electron chi connectivity index (χ3n) is 5.31. The Balaban J connectivity index is 1.66. The highest BCUT2D eigenvalue weighted by Gasteiger charge is 2.18. The summed E-state index contributed by atoms with van der Waals surface area (Å²) in [4.78, 5) is 16.8. The molecule has 0 unspecified atom stereocenters. The van der Waals surface area contributed by atoms with Crippen molar-refractivity contribution in [1.29, 1.82) is 0 Å². The van der Waals surface area contributed by atoms with E-state index in [1.54, 1.807) is 18.2 Å². The molecule has 35 heavy (non-hydrogen) atoms. The molecule has 0 aliphatic rings. The number of ether oxygens (including phenoxy) is 1. The summed E-state index contributed by atoms with van der Waals surface area (Å²) in [6.45, 7) is 0. The van der Waals surface area contributed by atoms with E-state index in [4.69, 9.17) is 4.74 Å². The zero-order chi connectivity index (χ0) is 24.6. The van der Waals surface area contributed by atoms with Crippen LogP contribution < -0.4 is 15.0 Å². The van der Waals surface area contributed by atoms with E-state index in [0.29, 0.717) is 33.5 Å². The molecule has 5 aromatic rings. The first-order valence-corrected chi connectivity index (χ1v) is 11.7. The summed E-state index contributed by atoms with van der Waals surface area (Å²) in [6.07, 6.45) is 3.87. The third kappa shape index (κ3) is 4.24. The van der Waals surface area contributed by atoms with Crippen molar-refractivity contribution in [2.75, 3.05) is 11.8 Å². The molecule has 9 nitrogen and oxygen atoms in total. The van der Waals surface area contributed by atoms with Gasteiger partial charge in [-0.3, -0.25) is 19.1 Å². The van der Waals surface area contributed by atoms with Crippen LogP contribution in [0.5, 0.6) is 5.75 Å². The molecule has 0 radical (unpaired) electrons. The van der Waals surface area contributed by atoms with Gasteiger partial charge in [0.25, 0.3) is 15.6 Å². The normalized spacial score (nSPS) is 11.5. The van der Waals surface area contributed by atoms with Crippen LogP contribution in [0.2, 0.25) is 0 Å². The van der Waals surface area contributed by atoms with Crippen LogP contribution in [0.25, 0.3) is 27.7 Å². The number of fused-ring (bicyclic) bond motifs is 1. The number of rotatable bonds is 6. The average molecular weight is 492 g/mol. The molecule has 0 atom stereocenters. The van der Waals surface area contributed by atoms with Gasteiger partial charge in [0, 0.05) is 29.3 Å². The first kappa shape index (κ1) is 22.3. The SMILES string of the molecule is COc1ccc(-c2cncc(F)c2)cc1-n1c(=O)ccc2cc(S(=O)(=O)Nc3ccon3)ccc21. The highest BCUT2D eigenvalue weighted by atomic mass is 32.2. The fourth-order valence-electron chi connectivity index (χ4n) is 3.72. The van der Waals surface area contributed by atoms with Crippen LogP contribution in [0.4, 0.5) is 10.2 Å². The van der Waals surface area contributed by atoms with E-state index in [-0.39, 0.29) is 16.3 Å². The first-order chi connectivity index (χ1) is 16.9. The van der Waals surface area contributed by atoms with Gasteiger partial charge in [-0.15, -0.1) is 0 Å². The van der Waals surface area contributed by atoms with Crippen molar-refractivity contribution in [3.05, 3.63) is 95.5 Å². The minimum atomic E-state index is -3.95. The second kappa shape index (κ2) is 8.69. The molecule has 3 heterocycles. The van der Waals surface area contributed by atoms with E-state index in [9.17, 15) is 17.6 Å². The standard InChI is InChI=1S/C24H17FN4O5S/c1-33-22-6-2-15(17-10-18(25)14-26-13-17)12-21(22)29-20-5-4-19(11-16(20)3-7-24(29)30)35(31,32)28-23-8-9-34-27-23/h2-14H,1H3,(H,27,28). The lowest BCUT2D eigenvalue weighted by atomic mass is 10.1. The maximum Gasteiger partial charge on any atom is 0.263 e. The summed E-state index contributed by atoms with van der Waals surface area (Å²) in [5, 5.41) is 4.05. The number of aromatic nitrogens is 3. The summed E-state index contributed by atoms with van der Waals surface area (Å²) in [6, 6.07) is 15.0. The molecule has 3 aromatic heterocycles. The molecule has 5 rings (SSSR count). The first-order valence-electron chi connectivity index (χ1n) is 10.2. The Morgan fingerprint density at radius 1 is 1.00 bits per heavy atom. The molecule has 1 N–H and O–H groups in total. The molecule has 0 saturated carbocycles. The van der Waals surface area contributed by atoms with Gasteiger partial charge in [0.15, 0.2) is 5.82 Å². The highest BCUT2D eigenvalue weighted by molar-refractivity contribution is 7.92. The molecule has 0 spiro atoms. The molecular formula is C24H17FN4O5S. The van der Waals surface area contributed by atoms with Crippen LogP contribution in [-0.4, -0.2) is 30.2 Å². The Kier molecular flexibility index (Phi) is 5.53. The predicted octanol–water partition coefficient (Wildman–Crippen LogP) is 3.99. The molecule has 0 aliphatic heterocycles. The molecule has 0 fully saturated rings. The number of halogens is 1. The molecule has 0 aliphatic carbocycles. The second-order valence-electron chi connectivity index (χ2n) is 7.50. The van der Waals surface area contributed by atoms with Crippen molar-refractivity contribution in [3.63, 3.8) is 0 Å². The van der Waals surface area contributed by atoms with Crippen LogP contribution in [0.15, 0.2) is 93.5 Å². The number of pyridine rings is 2. The monoisotopic (exact) mass is 492 g/mol. The van der Waals surface area contributed by atoms with E-state index in [1.807, 2.05) is 0 Å². The molecule has 0 bridgehead atoms. The number of hydrogen-bond acceptors (Lipinski definition) is 7. The van der Waals surface area contributed by atoms with E-state index in [0.717, 1.165) is 6.20 Å². The average Bonchev–Trinajstić information content (AvgIpc) is 3.35. The fourth-order valence-corrected chi connectivity index (χ4v) is 4.74. The van der Waals surface area contributed by atoms with Gasteiger partial charge in [-0.1, -0.05) is 11.2 Å². The van der Waals surface area contributed by atoms with Gasteiger partial charge in [0.1, 0.15) is 17.8 Å². The summed E-state index contributed by atoms with van der Waals surface area (Å²) in [5.74, 6) is -0.0456. The fraction of sp³-hybridized carbons (Fsp3) is 0.0417. The van der Waals surface area contributed by atoms with Crippen LogP contribution in [0.3, 0.4) is 0 Å². The molecular weight excluding hydrogens is 475 g/mol. The van der Waals surface area contributed by atoms with Gasteiger partial charge in [-0.05, 0) is 48.0 Å². The summed E-state index contributed by atoms with van der Waals surface area (Å²) >= 11 is 0. The Hall–Kier alpha value is -4.51. The van der Waals surface area contributed by atoms with Crippen molar-refractivity contribution >= 4 is 26.7 Å². The summed E-state index contributed by atoms with van der Waals surface area (Å²) < 4.78 is 53.2. The van der Waals surface area contributed by atoms with Crippen LogP contribution in [0.1, 0.15) is 0 Å². The lowest BCUT2D eigenvalue weighted by Gasteiger charge is -2.16. The van der Waals surface area contributed by atoms with Gasteiger partial charge in [-0.25, -0.2) is 12.8 Å². The lowest BCUT2D eigenvalue weighted by molar-refractivity contribution is 0.413. The second-order valence-corrected chi connectivity index (χ2v) is 9.18. The van der Waals surface area contributed by atoms with E-state index >= 15 is 0 Å². The van der Waals surface area contributed by atoms with Crippen molar-refractivity contribution in [2.45, 2.75) is 4.90 Å². The molecule has 2 aromatic carbocycles. The maximum absolute atomic E-state index is 13.7. The Labute approximate surface area is 198 Å². The van der Waals surface area contributed by atoms with Crippen molar-refractivity contribution in [2.24, 2.45) is 0 Å². The quantitative estimate of drug-likeness (QED) is 0.381. The minimum Gasteiger partial charge on any atom is -0.495 e.